The number of aryl methyl sites for hydroxylation is 1. The van der Waals surface area contributed by atoms with Crippen molar-refractivity contribution in [2.24, 2.45) is 0 Å². The van der Waals surface area contributed by atoms with Crippen LogP contribution in [0.25, 0.3) is 0 Å². The molecule has 5 heteroatoms. The highest BCUT2D eigenvalue weighted by molar-refractivity contribution is 6.10. The fourth-order valence-electron chi connectivity index (χ4n) is 3.42. The minimum Gasteiger partial charge on any atom is -0.340 e. The molecule has 2 heterocycles. The molecule has 1 unspecified atom stereocenters. The van der Waals surface area contributed by atoms with Crippen LogP contribution in [0.3, 0.4) is 0 Å². The number of rotatable bonds is 1. The Balaban J connectivity index is 2.01. The Morgan fingerprint density at radius 1 is 1.24 bits per heavy atom. The van der Waals surface area contributed by atoms with Crippen molar-refractivity contribution in [1.29, 1.82) is 0 Å². The number of pyridine rings is 1. The van der Waals surface area contributed by atoms with Crippen LogP contribution in [0.4, 0.5) is 5.69 Å². The number of amides is 2. The van der Waals surface area contributed by atoms with E-state index >= 15 is 0 Å². The van der Waals surface area contributed by atoms with Crippen molar-refractivity contribution in [3.05, 3.63) is 24.0 Å². The summed E-state index contributed by atoms with van der Waals surface area (Å²) in [5.74, 6) is -0.0558. The van der Waals surface area contributed by atoms with Crippen LogP contribution >= 0.6 is 0 Å². The highest BCUT2D eigenvalue weighted by Gasteiger charge is 2.50. The normalized spacial score (nSPS) is 25.0. The summed E-state index contributed by atoms with van der Waals surface area (Å²) >= 11 is 0. The van der Waals surface area contributed by atoms with Gasteiger partial charge in [0.1, 0.15) is 11.6 Å². The Hall–Kier alpha value is -1.91. The van der Waals surface area contributed by atoms with E-state index in [-0.39, 0.29) is 11.8 Å². The van der Waals surface area contributed by atoms with Crippen molar-refractivity contribution in [1.82, 2.24) is 10.3 Å². The van der Waals surface area contributed by atoms with Crippen LogP contribution in [-0.4, -0.2) is 28.4 Å². The summed E-state index contributed by atoms with van der Waals surface area (Å²) in [4.78, 5) is 31.2. The number of carbonyl (C=O) groups is 2. The van der Waals surface area contributed by atoms with Gasteiger partial charge in [0.2, 0.25) is 5.91 Å². The number of hydrogen-bond donors (Lipinski definition) is 1. The summed E-state index contributed by atoms with van der Waals surface area (Å²) in [6, 6.07) is 1.42. The maximum Gasteiger partial charge on any atom is 0.253 e. The van der Waals surface area contributed by atoms with Crippen LogP contribution in [0.1, 0.15) is 44.6 Å². The molecular formula is C16H21N3O2. The zero-order valence-corrected chi connectivity index (χ0v) is 12.6. The zero-order valence-electron chi connectivity index (χ0n) is 12.6. The van der Waals surface area contributed by atoms with E-state index in [2.05, 4.69) is 10.3 Å². The molecule has 0 bridgehead atoms. The van der Waals surface area contributed by atoms with Gasteiger partial charge < -0.3 is 5.32 Å². The number of hydrogen-bond acceptors (Lipinski definition) is 3. The molecule has 2 aliphatic rings. The van der Waals surface area contributed by atoms with Crippen LogP contribution in [0.5, 0.6) is 0 Å². The molecule has 1 atom stereocenters. The van der Waals surface area contributed by atoms with Gasteiger partial charge in [-0.3, -0.25) is 19.5 Å². The highest BCUT2D eigenvalue weighted by Crippen LogP contribution is 2.35. The average molecular weight is 287 g/mol. The number of carbonyl (C=O) groups excluding carboxylic acids is 2. The van der Waals surface area contributed by atoms with E-state index in [1.807, 2.05) is 13.0 Å². The lowest BCUT2D eigenvalue weighted by atomic mass is 9.78. The standard InChI is InChI=1S/C16H21N3O2/c1-11-8-13(10-17-9-11)19-12(2)14(20)18-16(15(19)21)6-4-3-5-7-16/h8-10,12H,3-7H2,1-2H3,(H,18,20). The summed E-state index contributed by atoms with van der Waals surface area (Å²) < 4.78 is 0. The molecule has 1 saturated carbocycles. The van der Waals surface area contributed by atoms with E-state index in [1.54, 1.807) is 24.2 Å². The fraction of sp³-hybridized carbons (Fsp3) is 0.562. The second kappa shape index (κ2) is 5.13. The number of aromatic nitrogens is 1. The third kappa shape index (κ3) is 2.30. The van der Waals surface area contributed by atoms with Gasteiger partial charge in [0.25, 0.3) is 5.91 Å². The second-order valence-corrected chi connectivity index (χ2v) is 6.20. The van der Waals surface area contributed by atoms with Crippen molar-refractivity contribution in [3.8, 4) is 0 Å². The SMILES string of the molecule is Cc1cncc(N2C(=O)C3(CCCCC3)NC(=O)C2C)c1. The van der Waals surface area contributed by atoms with Gasteiger partial charge >= 0.3 is 0 Å². The van der Waals surface area contributed by atoms with Crippen LogP contribution in [0.15, 0.2) is 18.5 Å². The van der Waals surface area contributed by atoms with Crippen molar-refractivity contribution < 1.29 is 9.59 Å². The first kappa shape index (κ1) is 14.0. The zero-order chi connectivity index (χ0) is 15.0. The molecule has 1 aromatic heterocycles. The van der Waals surface area contributed by atoms with Crippen molar-refractivity contribution in [2.45, 2.75) is 57.5 Å². The number of piperazine rings is 1. The second-order valence-electron chi connectivity index (χ2n) is 6.20. The number of nitrogens with one attached hydrogen (secondary N) is 1. The van der Waals surface area contributed by atoms with Gasteiger partial charge in [0.15, 0.2) is 0 Å². The van der Waals surface area contributed by atoms with E-state index in [1.165, 1.54) is 0 Å². The first-order valence-corrected chi connectivity index (χ1v) is 7.61. The minimum absolute atomic E-state index is 0.0155. The van der Waals surface area contributed by atoms with Crippen LogP contribution in [0, 0.1) is 6.92 Å². The largest absolute Gasteiger partial charge is 0.340 e. The van der Waals surface area contributed by atoms with E-state index in [0.29, 0.717) is 5.69 Å². The van der Waals surface area contributed by atoms with Crippen LogP contribution in [0.2, 0.25) is 0 Å². The van der Waals surface area contributed by atoms with Crippen molar-refractivity contribution in [3.63, 3.8) is 0 Å². The quantitative estimate of drug-likeness (QED) is 0.858. The molecule has 1 spiro atoms. The molecule has 21 heavy (non-hydrogen) atoms. The summed E-state index contributed by atoms with van der Waals surface area (Å²) in [5, 5.41) is 3.00. The van der Waals surface area contributed by atoms with E-state index < -0.39 is 11.6 Å². The molecule has 1 N–H and O–H groups in total. The minimum atomic E-state index is -0.703. The predicted molar refractivity (Wildman–Crippen MR) is 79.9 cm³/mol. The van der Waals surface area contributed by atoms with Gasteiger partial charge in [-0.25, -0.2) is 0 Å². The lowest BCUT2D eigenvalue weighted by molar-refractivity contribution is -0.139. The molecule has 112 valence electrons. The first-order chi connectivity index (χ1) is 10.0. The van der Waals surface area contributed by atoms with Crippen LogP contribution < -0.4 is 10.2 Å². The average Bonchev–Trinajstić information content (AvgIpc) is 2.47. The van der Waals surface area contributed by atoms with E-state index in [0.717, 1.165) is 37.7 Å². The summed E-state index contributed by atoms with van der Waals surface area (Å²) in [7, 11) is 0. The van der Waals surface area contributed by atoms with Gasteiger partial charge in [0, 0.05) is 6.20 Å². The first-order valence-electron chi connectivity index (χ1n) is 7.61. The predicted octanol–water partition coefficient (Wildman–Crippen LogP) is 1.94. The molecular weight excluding hydrogens is 266 g/mol. The molecule has 3 rings (SSSR count). The van der Waals surface area contributed by atoms with E-state index in [4.69, 9.17) is 0 Å². The fourth-order valence-corrected chi connectivity index (χ4v) is 3.42. The molecule has 1 aliphatic heterocycles. The molecule has 0 radical (unpaired) electrons. The van der Waals surface area contributed by atoms with Gasteiger partial charge in [-0.1, -0.05) is 19.3 Å². The number of anilines is 1. The Morgan fingerprint density at radius 3 is 2.62 bits per heavy atom. The third-order valence-electron chi connectivity index (χ3n) is 4.60. The molecule has 1 aromatic rings. The van der Waals surface area contributed by atoms with E-state index in [9.17, 15) is 9.59 Å². The topological polar surface area (TPSA) is 62.3 Å². The lowest BCUT2D eigenvalue weighted by Crippen LogP contribution is -2.70. The Morgan fingerprint density at radius 2 is 1.95 bits per heavy atom. The van der Waals surface area contributed by atoms with Gasteiger partial charge in [-0.05, 0) is 38.3 Å². The Bertz CT molecular complexity index is 579. The molecule has 1 aliphatic carbocycles. The Labute approximate surface area is 124 Å². The molecule has 5 nitrogen and oxygen atoms in total. The summed E-state index contributed by atoms with van der Waals surface area (Å²) in [6.07, 6.45) is 7.99. The van der Waals surface area contributed by atoms with Crippen LogP contribution in [-0.2, 0) is 9.59 Å². The summed E-state index contributed by atoms with van der Waals surface area (Å²) in [6.45, 7) is 3.71. The third-order valence-corrected chi connectivity index (χ3v) is 4.60. The lowest BCUT2D eigenvalue weighted by Gasteiger charge is -2.46. The maximum absolute atomic E-state index is 13.1. The van der Waals surface area contributed by atoms with Gasteiger partial charge in [-0.15, -0.1) is 0 Å². The van der Waals surface area contributed by atoms with Crippen molar-refractivity contribution in [2.75, 3.05) is 4.90 Å². The summed E-state index contributed by atoms with van der Waals surface area (Å²) in [5.41, 5.74) is 0.995. The highest BCUT2D eigenvalue weighted by atomic mass is 16.2. The molecule has 2 fully saturated rings. The van der Waals surface area contributed by atoms with Crippen molar-refractivity contribution >= 4 is 17.5 Å². The maximum atomic E-state index is 13.1. The smallest absolute Gasteiger partial charge is 0.253 e. The Kier molecular flexibility index (Phi) is 3.43. The molecule has 2 amide bonds. The molecule has 1 saturated heterocycles. The van der Waals surface area contributed by atoms with Gasteiger partial charge in [-0.2, -0.15) is 0 Å². The number of nitrogens with zero attached hydrogens (tertiary/aromatic N) is 2. The molecule has 0 aromatic carbocycles. The van der Waals surface area contributed by atoms with Gasteiger partial charge in [0.05, 0.1) is 11.9 Å². The monoisotopic (exact) mass is 287 g/mol.